The van der Waals surface area contributed by atoms with E-state index in [0.717, 1.165) is 27.2 Å². The smallest absolute Gasteiger partial charge is 0.178 e. The molecule has 0 spiro atoms. The van der Waals surface area contributed by atoms with Crippen molar-refractivity contribution >= 4 is 39.2 Å². The van der Waals surface area contributed by atoms with E-state index >= 15 is 0 Å². The minimum absolute atomic E-state index is 0.434. The maximum Gasteiger partial charge on any atom is 0.178 e. The first-order valence-corrected chi connectivity index (χ1v) is 9.07. The van der Waals surface area contributed by atoms with Crippen LogP contribution in [0.5, 0.6) is 0 Å². The number of hydrogen-bond donors (Lipinski definition) is 1. The Labute approximate surface area is 140 Å². The van der Waals surface area contributed by atoms with E-state index in [2.05, 4.69) is 57.5 Å². The highest BCUT2D eigenvalue weighted by molar-refractivity contribution is 9.10. The van der Waals surface area contributed by atoms with E-state index in [1.165, 1.54) is 37.6 Å². The second kappa shape index (κ2) is 5.88. The third kappa shape index (κ3) is 3.11. The van der Waals surface area contributed by atoms with Gasteiger partial charge in [0.15, 0.2) is 4.77 Å². The van der Waals surface area contributed by atoms with E-state index < -0.39 is 0 Å². The van der Waals surface area contributed by atoms with Crippen LogP contribution in [0.4, 0.5) is 0 Å². The highest BCUT2D eigenvalue weighted by atomic mass is 79.9. The van der Waals surface area contributed by atoms with Crippen molar-refractivity contribution in [2.75, 3.05) is 0 Å². The van der Waals surface area contributed by atoms with E-state index in [4.69, 9.17) is 12.2 Å². The minimum Gasteiger partial charge on any atom is -0.331 e. The summed E-state index contributed by atoms with van der Waals surface area (Å²) in [6.45, 7) is 5.73. The van der Waals surface area contributed by atoms with Crippen molar-refractivity contribution in [1.82, 2.24) is 9.55 Å². The van der Waals surface area contributed by atoms with Crippen LogP contribution in [-0.2, 0) is 6.54 Å². The van der Waals surface area contributed by atoms with Gasteiger partial charge in [0, 0.05) is 11.0 Å². The summed E-state index contributed by atoms with van der Waals surface area (Å²) in [7, 11) is 0. The molecule has 114 valence electrons. The molecule has 2 aromatic rings. The summed E-state index contributed by atoms with van der Waals surface area (Å²) in [6.07, 6.45) is 6.72. The van der Waals surface area contributed by atoms with Crippen LogP contribution in [-0.4, -0.2) is 9.55 Å². The van der Waals surface area contributed by atoms with E-state index in [0.29, 0.717) is 5.41 Å². The Hall–Kier alpha value is -0.610. The maximum absolute atomic E-state index is 5.59. The Morgan fingerprint density at radius 1 is 1.33 bits per heavy atom. The van der Waals surface area contributed by atoms with Gasteiger partial charge in [-0.05, 0) is 61.0 Å². The molecule has 3 rings (SSSR count). The molecular weight excluding hydrogens is 344 g/mol. The summed E-state index contributed by atoms with van der Waals surface area (Å²) in [5, 5.41) is 0. The van der Waals surface area contributed by atoms with Crippen molar-refractivity contribution < 1.29 is 0 Å². The zero-order chi connectivity index (χ0) is 15.0. The number of aromatic amines is 1. The molecule has 1 fully saturated rings. The normalized spacial score (nSPS) is 17.9. The Balaban J connectivity index is 2.01. The van der Waals surface area contributed by atoms with Crippen molar-refractivity contribution in [2.24, 2.45) is 11.3 Å². The van der Waals surface area contributed by atoms with Crippen LogP contribution in [0.2, 0.25) is 0 Å². The first kappa shape index (κ1) is 15.3. The number of H-pyrrole nitrogens is 1. The summed E-state index contributed by atoms with van der Waals surface area (Å²) in [6, 6.07) is 6.35. The highest BCUT2D eigenvalue weighted by Gasteiger charge is 2.35. The van der Waals surface area contributed by atoms with Gasteiger partial charge in [-0.25, -0.2) is 0 Å². The zero-order valence-electron chi connectivity index (χ0n) is 12.8. The molecule has 0 aliphatic heterocycles. The van der Waals surface area contributed by atoms with Gasteiger partial charge in [-0.3, -0.25) is 0 Å². The van der Waals surface area contributed by atoms with Crippen molar-refractivity contribution in [3.8, 4) is 0 Å². The maximum atomic E-state index is 5.59. The summed E-state index contributed by atoms with van der Waals surface area (Å²) in [4.78, 5) is 3.36. The molecule has 1 aliphatic carbocycles. The molecule has 1 aliphatic rings. The minimum atomic E-state index is 0.434. The van der Waals surface area contributed by atoms with Crippen molar-refractivity contribution in [3.05, 3.63) is 27.4 Å². The molecule has 0 unspecified atom stereocenters. The van der Waals surface area contributed by atoms with Crippen LogP contribution in [0.15, 0.2) is 22.7 Å². The first-order chi connectivity index (χ1) is 9.99. The number of imidazole rings is 1. The molecule has 0 atom stereocenters. The number of halogens is 1. The standard InChI is InChI=1S/C17H23BrN2S/c1-12(2)10-17(7-3-4-8-17)11-20-15-9-13(18)5-6-14(15)19-16(20)21/h5-6,9,12H,3-4,7-8,10-11H2,1-2H3,(H,19,21). The van der Waals surface area contributed by atoms with Gasteiger partial charge < -0.3 is 9.55 Å². The molecule has 1 aromatic carbocycles. The third-order valence-corrected chi connectivity index (χ3v) is 5.55. The second-order valence-electron chi connectivity index (χ2n) is 6.98. The fraction of sp³-hybridized carbons (Fsp3) is 0.588. The van der Waals surface area contributed by atoms with Crippen LogP contribution < -0.4 is 0 Å². The fourth-order valence-electron chi connectivity index (χ4n) is 4.04. The second-order valence-corrected chi connectivity index (χ2v) is 8.29. The number of fused-ring (bicyclic) bond motifs is 1. The lowest BCUT2D eigenvalue weighted by atomic mass is 9.78. The van der Waals surface area contributed by atoms with Crippen LogP contribution in [0.25, 0.3) is 11.0 Å². The van der Waals surface area contributed by atoms with Crippen LogP contribution >= 0.6 is 28.1 Å². The van der Waals surface area contributed by atoms with Crippen molar-refractivity contribution in [3.63, 3.8) is 0 Å². The molecule has 1 aromatic heterocycles. The summed E-state index contributed by atoms with van der Waals surface area (Å²) in [5.74, 6) is 0.745. The molecule has 1 N–H and O–H groups in total. The van der Waals surface area contributed by atoms with E-state index in [9.17, 15) is 0 Å². The van der Waals surface area contributed by atoms with Gasteiger partial charge in [-0.1, -0.05) is 42.6 Å². The Morgan fingerprint density at radius 3 is 2.71 bits per heavy atom. The number of benzene rings is 1. The fourth-order valence-corrected chi connectivity index (χ4v) is 4.66. The highest BCUT2D eigenvalue weighted by Crippen LogP contribution is 2.45. The molecular formula is C17H23BrN2S. The first-order valence-electron chi connectivity index (χ1n) is 7.87. The number of hydrogen-bond acceptors (Lipinski definition) is 1. The van der Waals surface area contributed by atoms with Crippen LogP contribution in [0.3, 0.4) is 0 Å². The van der Waals surface area contributed by atoms with Gasteiger partial charge in [0.2, 0.25) is 0 Å². The molecule has 21 heavy (non-hydrogen) atoms. The number of nitrogens with one attached hydrogen (secondary N) is 1. The predicted octanol–water partition coefficient (Wildman–Crippen LogP) is 6.07. The average molecular weight is 367 g/mol. The van der Waals surface area contributed by atoms with Gasteiger partial charge >= 0.3 is 0 Å². The lowest BCUT2D eigenvalue weighted by Gasteiger charge is -2.31. The zero-order valence-corrected chi connectivity index (χ0v) is 15.2. The van der Waals surface area contributed by atoms with Gasteiger partial charge in [-0.2, -0.15) is 0 Å². The molecule has 1 saturated carbocycles. The summed E-state index contributed by atoms with van der Waals surface area (Å²) < 4.78 is 4.29. The molecule has 0 amide bonds. The molecule has 0 bridgehead atoms. The Kier molecular flexibility index (Phi) is 4.28. The SMILES string of the molecule is CC(C)CC1(Cn2c(=S)[nH]c3ccc(Br)cc32)CCCC1. The number of rotatable bonds is 4. The molecule has 1 heterocycles. The van der Waals surface area contributed by atoms with Crippen LogP contribution in [0.1, 0.15) is 46.0 Å². The summed E-state index contributed by atoms with van der Waals surface area (Å²) in [5.41, 5.74) is 2.80. The Morgan fingerprint density at radius 2 is 2.05 bits per heavy atom. The molecule has 0 saturated heterocycles. The topological polar surface area (TPSA) is 20.7 Å². The quantitative estimate of drug-likeness (QED) is 0.651. The monoisotopic (exact) mass is 366 g/mol. The van der Waals surface area contributed by atoms with E-state index in [1.54, 1.807) is 0 Å². The average Bonchev–Trinajstić information content (AvgIpc) is 2.96. The van der Waals surface area contributed by atoms with Crippen molar-refractivity contribution in [2.45, 2.75) is 52.5 Å². The van der Waals surface area contributed by atoms with E-state index in [1.807, 2.05) is 0 Å². The number of nitrogens with zero attached hydrogens (tertiary/aromatic N) is 1. The molecule has 2 nitrogen and oxygen atoms in total. The van der Waals surface area contributed by atoms with E-state index in [-0.39, 0.29) is 0 Å². The van der Waals surface area contributed by atoms with Gasteiger partial charge in [0.1, 0.15) is 0 Å². The number of aromatic nitrogens is 2. The molecule has 4 heteroatoms. The summed E-state index contributed by atoms with van der Waals surface area (Å²) >= 11 is 9.17. The third-order valence-electron chi connectivity index (χ3n) is 4.74. The van der Waals surface area contributed by atoms with Gasteiger partial charge in [-0.15, -0.1) is 0 Å². The largest absolute Gasteiger partial charge is 0.331 e. The van der Waals surface area contributed by atoms with Crippen LogP contribution in [0, 0.1) is 16.1 Å². The lowest BCUT2D eigenvalue weighted by Crippen LogP contribution is -2.25. The Bertz CT molecular complexity index is 692. The predicted molar refractivity (Wildman–Crippen MR) is 95.2 cm³/mol. The molecule has 0 radical (unpaired) electrons. The van der Waals surface area contributed by atoms with Crippen molar-refractivity contribution in [1.29, 1.82) is 0 Å². The van der Waals surface area contributed by atoms with Gasteiger partial charge in [0.25, 0.3) is 0 Å². The lowest BCUT2D eigenvalue weighted by molar-refractivity contribution is 0.198. The van der Waals surface area contributed by atoms with Gasteiger partial charge in [0.05, 0.1) is 11.0 Å².